The van der Waals surface area contributed by atoms with Gasteiger partial charge in [-0.1, -0.05) is 0 Å². The van der Waals surface area contributed by atoms with Crippen molar-refractivity contribution >= 4 is 6.09 Å². The van der Waals surface area contributed by atoms with E-state index < -0.39 is 5.60 Å². The molecule has 0 aromatic heterocycles. The molecular weight excluding hydrogens is 218 g/mol. The number of ether oxygens (including phenoxy) is 1. The molecule has 17 heavy (non-hydrogen) atoms. The zero-order valence-corrected chi connectivity index (χ0v) is 10.9. The lowest BCUT2D eigenvalue weighted by atomic mass is 9.85. The quantitative estimate of drug-likeness (QED) is 0.776. The van der Waals surface area contributed by atoms with E-state index in [1.54, 1.807) is 0 Å². The number of nitrogens with one attached hydrogen (secondary N) is 1. The fourth-order valence-electron chi connectivity index (χ4n) is 3.34. The van der Waals surface area contributed by atoms with Crippen LogP contribution in [-0.4, -0.2) is 29.4 Å². The Morgan fingerprint density at radius 2 is 2.00 bits per heavy atom. The van der Waals surface area contributed by atoms with Crippen molar-refractivity contribution in [1.82, 2.24) is 5.32 Å². The highest BCUT2D eigenvalue weighted by molar-refractivity contribution is 5.68. The number of aliphatic hydroxyl groups is 1. The number of carbonyl (C=O) groups excluding carboxylic acids is 1. The number of aliphatic hydroxyl groups excluding tert-OH is 1. The number of amides is 1. The molecule has 4 heteroatoms. The number of fused-ring (bicyclic) bond motifs is 2. The van der Waals surface area contributed by atoms with Crippen molar-refractivity contribution in [2.24, 2.45) is 17.8 Å². The van der Waals surface area contributed by atoms with Gasteiger partial charge in [0, 0.05) is 18.6 Å². The molecular formula is C13H23NO3. The molecule has 0 saturated heterocycles. The molecule has 1 amide bonds. The van der Waals surface area contributed by atoms with E-state index in [4.69, 9.17) is 4.74 Å². The Morgan fingerprint density at radius 1 is 1.35 bits per heavy atom. The van der Waals surface area contributed by atoms with Crippen molar-refractivity contribution in [2.45, 2.75) is 51.7 Å². The van der Waals surface area contributed by atoms with E-state index in [9.17, 15) is 9.90 Å². The van der Waals surface area contributed by atoms with Gasteiger partial charge in [0.15, 0.2) is 0 Å². The van der Waals surface area contributed by atoms with E-state index >= 15 is 0 Å². The van der Waals surface area contributed by atoms with Crippen LogP contribution in [0, 0.1) is 17.8 Å². The summed E-state index contributed by atoms with van der Waals surface area (Å²) in [5.41, 5.74) is -0.462. The normalized spacial score (nSPS) is 36.0. The third kappa shape index (κ3) is 2.73. The molecule has 0 aromatic carbocycles. The standard InChI is InChI=1S/C13H23NO3/c1-13(2,3)17-12(16)14-11-9-5-4-8(6-9)10(11)7-15/h8-11,15H,4-7H2,1-3H3,(H,14,16)/t8?,9?,10-,11+/m1/s1. The first-order valence-corrected chi connectivity index (χ1v) is 6.51. The van der Waals surface area contributed by atoms with E-state index in [1.807, 2.05) is 20.8 Å². The van der Waals surface area contributed by atoms with Crippen LogP contribution in [0.5, 0.6) is 0 Å². The van der Waals surface area contributed by atoms with Gasteiger partial charge in [0.1, 0.15) is 5.60 Å². The molecule has 2 unspecified atom stereocenters. The van der Waals surface area contributed by atoms with Gasteiger partial charge in [0.2, 0.25) is 0 Å². The maximum absolute atomic E-state index is 11.7. The van der Waals surface area contributed by atoms with Crippen LogP contribution < -0.4 is 5.32 Å². The highest BCUT2D eigenvalue weighted by Gasteiger charge is 2.48. The van der Waals surface area contributed by atoms with E-state index in [0.29, 0.717) is 11.8 Å². The van der Waals surface area contributed by atoms with Gasteiger partial charge in [-0.25, -0.2) is 4.79 Å². The second-order valence-corrected chi connectivity index (χ2v) is 6.35. The van der Waals surface area contributed by atoms with E-state index in [2.05, 4.69) is 5.32 Å². The van der Waals surface area contributed by atoms with Gasteiger partial charge in [-0.15, -0.1) is 0 Å². The summed E-state index contributed by atoms with van der Waals surface area (Å²) in [5, 5.41) is 12.4. The summed E-state index contributed by atoms with van der Waals surface area (Å²) in [5.74, 6) is 1.34. The smallest absolute Gasteiger partial charge is 0.407 e. The fraction of sp³-hybridized carbons (Fsp3) is 0.923. The van der Waals surface area contributed by atoms with Crippen LogP contribution in [0.4, 0.5) is 4.79 Å². The Morgan fingerprint density at radius 3 is 2.59 bits per heavy atom. The summed E-state index contributed by atoms with van der Waals surface area (Å²) < 4.78 is 5.27. The second kappa shape index (κ2) is 4.48. The van der Waals surface area contributed by atoms with Gasteiger partial charge in [0.25, 0.3) is 0 Å². The summed E-state index contributed by atoms with van der Waals surface area (Å²) in [6.45, 7) is 5.74. The number of carbonyl (C=O) groups is 1. The van der Waals surface area contributed by atoms with Gasteiger partial charge in [-0.05, 0) is 51.9 Å². The van der Waals surface area contributed by atoms with Gasteiger partial charge in [-0.2, -0.15) is 0 Å². The molecule has 2 aliphatic rings. The molecule has 2 N–H and O–H groups in total. The van der Waals surface area contributed by atoms with Gasteiger partial charge >= 0.3 is 6.09 Å². The number of rotatable bonds is 2. The third-order valence-corrected chi connectivity index (χ3v) is 3.98. The molecule has 4 atom stereocenters. The summed E-state index contributed by atoms with van der Waals surface area (Å²) in [4.78, 5) is 11.7. The highest BCUT2D eigenvalue weighted by atomic mass is 16.6. The summed E-state index contributed by atoms with van der Waals surface area (Å²) in [6.07, 6.45) is 3.16. The zero-order valence-electron chi connectivity index (χ0n) is 10.9. The maximum Gasteiger partial charge on any atom is 0.407 e. The molecule has 2 saturated carbocycles. The minimum atomic E-state index is -0.462. The van der Waals surface area contributed by atoms with Crippen molar-refractivity contribution in [3.8, 4) is 0 Å². The van der Waals surface area contributed by atoms with Crippen LogP contribution in [0.15, 0.2) is 0 Å². The second-order valence-electron chi connectivity index (χ2n) is 6.35. The summed E-state index contributed by atoms with van der Waals surface area (Å²) in [6, 6.07) is 0.105. The molecule has 2 aliphatic carbocycles. The van der Waals surface area contributed by atoms with Crippen LogP contribution in [0.2, 0.25) is 0 Å². The molecule has 0 aliphatic heterocycles. The average Bonchev–Trinajstić information content (AvgIpc) is 2.74. The lowest BCUT2D eigenvalue weighted by Crippen LogP contribution is -2.47. The largest absolute Gasteiger partial charge is 0.444 e. The van der Waals surface area contributed by atoms with E-state index in [0.717, 1.165) is 6.42 Å². The Hall–Kier alpha value is -0.770. The Bertz CT molecular complexity index is 298. The molecule has 2 fully saturated rings. The number of hydrogen-bond acceptors (Lipinski definition) is 3. The van der Waals surface area contributed by atoms with Crippen molar-refractivity contribution in [3.63, 3.8) is 0 Å². The molecule has 0 spiro atoms. The Labute approximate surface area is 103 Å². The van der Waals surface area contributed by atoms with E-state index in [-0.39, 0.29) is 24.7 Å². The van der Waals surface area contributed by atoms with Crippen LogP contribution in [0.1, 0.15) is 40.0 Å². The fourth-order valence-corrected chi connectivity index (χ4v) is 3.34. The monoisotopic (exact) mass is 241 g/mol. The van der Waals surface area contributed by atoms with Gasteiger partial charge in [0.05, 0.1) is 0 Å². The highest BCUT2D eigenvalue weighted by Crippen LogP contribution is 2.48. The molecule has 98 valence electrons. The van der Waals surface area contributed by atoms with Crippen LogP contribution in [-0.2, 0) is 4.74 Å². The van der Waals surface area contributed by atoms with E-state index in [1.165, 1.54) is 12.8 Å². The van der Waals surface area contributed by atoms with Crippen LogP contribution in [0.3, 0.4) is 0 Å². The van der Waals surface area contributed by atoms with Gasteiger partial charge < -0.3 is 15.2 Å². The maximum atomic E-state index is 11.7. The predicted octanol–water partition coefficient (Wildman–Crippen LogP) is 1.92. The topological polar surface area (TPSA) is 58.6 Å². The third-order valence-electron chi connectivity index (χ3n) is 3.98. The van der Waals surface area contributed by atoms with Crippen molar-refractivity contribution < 1.29 is 14.6 Å². The molecule has 0 heterocycles. The summed E-state index contributed by atoms with van der Waals surface area (Å²) in [7, 11) is 0. The molecule has 4 nitrogen and oxygen atoms in total. The Kier molecular flexibility index (Phi) is 3.34. The summed E-state index contributed by atoms with van der Waals surface area (Å²) >= 11 is 0. The SMILES string of the molecule is CC(C)(C)OC(=O)N[C@H]1C2CCC(C2)[C@H]1CO. The number of alkyl carbamates (subject to hydrolysis) is 1. The van der Waals surface area contributed by atoms with Crippen LogP contribution >= 0.6 is 0 Å². The van der Waals surface area contributed by atoms with Crippen molar-refractivity contribution in [1.29, 1.82) is 0 Å². The molecule has 2 rings (SSSR count). The average molecular weight is 241 g/mol. The van der Waals surface area contributed by atoms with Crippen molar-refractivity contribution in [2.75, 3.05) is 6.61 Å². The predicted molar refractivity (Wildman–Crippen MR) is 64.6 cm³/mol. The lowest BCUT2D eigenvalue weighted by molar-refractivity contribution is 0.0437. The first-order valence-electron chi connectivity index (χ1n) is 6.51. The molecule has 0 aromatic rings. The lowest BCUT2D eigenvalue weighted by Gasteiger charge is -2.31. The van der Waals surface area contributed by atoms with Crippen molar-refractivity contribution in [3.05, 3.63) is 0 Å². The zero-order chi connectivity index (χ0) is 12.6. The van der Waals surface area contributed by atoms with Crippen LogP contribution in [0.25, 0.3) is 0 Å². The first-order chi connectivity index (χ1) is 7.90. The minimum absolute atomic E-state index is 0.105. The minimum Gasteiger partial charge on any atom is -0.444 e. The Balaban J connectivity index is 1.92. The first kappa shape index (κ1) is 12.7. The number of hydrogen-bond donors (Lipinski definition) is 2. The van der Waals surface area contributed by atoms with Gasteiger partial charge in [-0.3, -0.25) is 0 Å². The molecule has 0 radical (unpaired) electrons. The molecule has 2 bridgehead atoms.